The lowest BCUT2D eigenvalue weighted by molar-refractivity contribution is -0.132. The van der Waals surface area contributed by atoms with Gasteiger partial charge in [0.1, 0.15) is 11.5 Å². The number of ketones is 1. The molecule has 2 aromatic carbocycles. The zero-order chi connectivity index (χ0) is 19.1. The Kier molecular flexibility index (Phi) is 6.73. The lowest BCUT2D eigenvalue weighted by Crippen LogP contribution is -2.04. The molecule has 0 aromatic heterocycles. The number of carbonyl (C=O) groups excluding carboxylic acids is 2. The van der Waals surface area contributed by atoms with Crippen molar-refractivity contribution in [2.45, 2.75) is 40.0 Å². The molecule has 0 radical (unpaired) electrons. The number of aryl methyl sites for hydroxylation is 3. The van der Waals surface area contributed by atoms with Gasteiger partial charge in [-0.25, -0.2) is 0 Å². The number of allylic oxidation sites excluding steroid dienone is 1. The minimum absolute atomic E-state index is 0.0724. The monoisotopic (exact) mass is 352 g/mol. The molecule has 0 amide bonds. The fraction of sp³-hybridized carbons (Fsp3) is 0.273. The molecule has 2 rings (SSSR count). The second-order valence-corrected chi connectivity index (χ2v) is 6.40. The quantitative estimate of drug-likeness (QED) is 0.451. The smallest absolute Gasteiger partial charge is 0.308 e. The Balaban J connectivity index is 1.91. The van der Waals surface area contributed by atoms with E-state index in [4.69, 9.17) is 4.74 Å². The van der Waals surface area contributed by atoms with E-state index in [1.807, 2.05) is 38.1 Å². The van der Waals surface area contributed by atoms with Gasteiger partial charge in [-0.15, -0.1) is 0 Å². The number of hydrogen-bond donors (Lipinski definition) is 1. The van der Waals surface area contributed by atoms with Crippen LogP contribution in [-0.4, -0.2) is 16.9 Å². The lowest BCUT2D eigenvalue weighted by atomic mass is 10.0. The predicted octanol–water partition coefficient (Wildman–Crippen LogP) is 4.54. The molecule has 0 saturated carbocycles. The van der Waals surface area contributed by atoms with Crippen molar-refractivity contribution in [1.82, 2.24) is 0 Å². The zero-order valence-corrected chi connectivity index (χ0v) is 15.4. The first-order valence-electron chi connectivity index (χ1n) is 8.63. The van der Waals surface area contributed by atoms with Crippen molar-refractivity contribution in [2.75, 3.05) is 0 Å². The van der Waals surface area contributed by atoms with Crippen LogP contribution in [0.15, 0.2) is 42.5 Å². The SMILES string of the molecule is CC(=O)Oc1c(C)cc(/C=C/C(=O)CCCc2ccc(O)cc2)cc1C. The number of rotatable bonds is 7. The van der Waals surface area contributed by atoms with E-state index in [1.54, 1.807) is 24.3 Å². The Morgan fingerprint density at radius 2 is 1.69 bits per heavy atom. The zero-order valence-electron chi connectivity index (χ0n) is 15.4. The largest absolute Gasteiger partial charge is 0.508 e. The van der Waals surface area contributed by atoms with Gasteiger partial charge in [0.25, 0.3) is 0 Å². The van der Waals surface area contributed by atoms with E-state index < -0.39 is 0 Å². The molecule has 0 aliphatic heterocycles. The summed E-state index contributed by atoms with van der Waals surface area (Å²) in [4.78, 5) is 23.2. The van der Waals surface area contributed by atoms with Gasteiger partial charge in [-0.2, -0.15) is 0 Å². The topological polar surface area (TPSA) is 63.6 Å². The van der Waals surface area contributed by atoms with Gasteiger partial charge in [-0.05, 0) is 79.3 Å². The van der Waals surface area contributed by atoms with Crippen LogP contribution in [0.5, 0.6) is 11.5 Å². The minimum atomic E-state index is -0.344. The molecule has 0 atom stereocenters. The van der Waals surface area contributed by atoms with Crippen molar-refractivity contribution >= 4 is 17.8 Å². The average molecular weight is 352 g/mol. The summed E-state index contributed by atoms with van der Waals surface area (Å²) >= 11 is 0. The van der Waals surface area contributed by atoms with Crippen LogP contribution in [0.3, 0.4) is 0 Å². The highest BCUT2D eigenvalue weighted by molar-refractivity contribution is 5.93. The number of ether oxygens (including phenoxy) is 1. The molecule has 0 aliphatic carbocycles. The van der Waals surface area contributed by atoms with Crippen LogP contribution in [0, 0.1) is 13.8 Å². The Morgan fingerprint density at radius 1 is 1.08 bits per heavy atom. The summed E-state index contributed by atoms with van der Waals surface area (Å²) < 4.78 is 5.21. The van der Waals surface area contributed by atoms with E-state index in [2.05, 4.69) is 0 Å². The van der Waals surface area contributed by atoms with Crippen molar-refractivity contribution in [3.05, 3.63) is 64.7 Å². The van der Waals surface area contributed by atoms with Crippen LogP contribution >= 0.6 is 0 Å². The molecule has 0 heterocycles. The summed E-state index contributed by atoms with van der Waals surface area (Å²) in [7, 11) is 0. The predicted molar refractivity (Wildman–Crippen MR) is 102 cm³/mol. The molecule has 26 heavy (non-hydrogen) atoms. The molecular weight excluding hydrogens is 328 g/mol. The van der Waals surface area contributed by atoms with Gasteiger partial charge in [0.05, 0.1) is 0 Å². The third kappa shape index (κ3) is 5.88. The summed E-state index contributed by atoms with van der Waals surface area (Å²) in [5, 5.41) is 9.26. The second kappa shape index (κ2) is 8.99. The van der Waals surface area contributed by atoms with Gasteiger partial charge in [0.15, 0.2) is 5.78 Å². The summed E-state index contributed by atoms with van der Waals surface area (Å²) in [5.74, 6) is 0.555. The molecule has 0 saturated heterocycles. The summed E-state index contributed by atoms with van der Waals surface area (Å²) in [6, 6.07) is 10.8. The summed E-state index contributed by atoms with van der Waals surface area (Å²) in [6.07, 6.45) is 5.42. The third-order valence-electron chi connectivity index (χ3n) is 4.02. The number of carbonyl (C=O) groups is 2. The number of esters is 1. The first-order chi connectivity index (χ1) is 12.3. The number of phenols is 1. The summed E-state index contributed by atoms with van der Waals surface area (Å²) in [6.45, 7) is 5.13. The molecule has 1 N–H and O–H groups in total. The molecule has 136 valence electrons. The number of phenolic OH excluding ortho intramolecular Hbond substituents is 1. The van der Waals surface area contributed by atoms with E-state index in [-0.39, 0.29) is 17.5 Å². The fourth-order valence-corrected chi connectivity index (χ4v) is 2.79. The van der Waals surface area contributed by atoms with Gasteiger partial charge in [-0.1, -0.05) is 18.2 Å². The van der Waals surface area contributed by atoms with Gasteiger partial charge in [0.2, 0.25) is 0 Å². The number of hydrogen-bond acceptors (Lipinski definition) is 4. The molecule has 0 fully saturated rings. The third-order valence-corrected chi connectivity index (χ3v) is 4.02. The van der Waals surface area contributed by atoms with Crippen molar-refractivity contribution in [3.63, 3.8) is 0 Å². The van der Waals surface area contributed by atoms with Crippen LogP contribution in [0.25, 0.3) is 6.08 Å². The molecule has 0 unspecified atom stereocenters. The fourth-order valence-electron chi connectivity index (χ4n) is 2.79. The van der Waals surface area contributed by atoms with Crippen molar-refractivity contribution in [1.29, 1.82) is 0 Å². The van der Waals surface area contributed by atoms with Crippen molar-refractivity contribution < 1.29 is 19.4 Å². The maximum absolute atomic E-state index is 12.0. The van der Waals surface area contributed by atoms with Gasteiger partial charge < -0.3 is 9.84 Å². The Morgan fingerprint density at radius 3 is 2.27 bits per heavy atom. The first-order valence-corrected chi connectivity index (χ1v) is 8.63. The maximum Gasteiger partial charge on any atom is 0.308 e. The molecule has 2 aromatic rings. The first kappa shape index (κ1) is 19.4. The Labute approximate surface area is 154 Å². The standard InChI is InChI=1S/C22H24O4/c1-15-13-19(14-16(2)22(15)26-17(3)23)9-12-20(24)6-4-5-18-7-10-21(25)11-8-18/h7-14,25H,4-6H2,1-3H3/b12-9+. The Bertz CT molecular complexity index is 794. The van der Waals surface area contributed by atoms with Gasteiger partial charge >= 0.3 is 5.97 Å². The number of aromatic hydroxyl groups is 1. The highest BCUT2D eigenvalue weighted by Crippen LogP contribution is 2.25. The van der Waals surface area contributed by atoms with E-state index in [9.17, 15) is 14.7 Å². The normalized spacial score (nSPS) is 10.9. The van der Waals surface area contributed by atoms with Crippen LogP contribution in [0.4, 0.5) is 0 Å². The van der Waals surface area contributed by atoms with E-state index in [0.717, 1.165) is 35.1 Å². The van der Waals surface area contributed by atoms with Gasteiger partial charge in [0, 0.05) is 13.3 Å². The van der Waals surface area contributed by atoms with Crippen LogP contribution in [-0.2, 0) is 16.0 Å². The average Bonchev–Trinajstić information content (AvgIpc) is 2.58. The lowest BCUT2D eigenvalue weighted by Gasteiger charge is -2.10. The van der Waals surface area contributed by atoms with Crippen molar-refractivity contribution in [2.24, 2.45) is 0 Å². The second-order valence-electron chi connectivity index (χ2n) is 6.40. The highest BCUT2D eigenvalue weighted by atomic mass is 16.5. The molecular formula is C22H24O4. The van der Waals surface area contributed by atoms with Crippen LogP contribution in [0.2, 0.25) is 0 Å². The molecule has 4 nitrogen and oxygen atoms in total. The van der Waals surface area contributed by atoms with E-state index in [1.165, 1.54) is 6.92 Å². The molecule has 0 spiro atoms. The molecule has 4 heteroatoms. The molecule has 0 aliphatic rings. The van der Waals surface area contributed by atoms with Crippen LogP contribution in [0.1, 0.15) is 42.0 Å². The highest BCUT2D eigenvalue weighted by Gasteiger charge is 2.08. The summed E-state index contributed by atoms with van der Waals surface area (Å²) in [5.41, 5.74) is 3.73. The van der Waals surface area contributed by atoms with Gasteiger partial charge in [-0.3, -0.25) is 9.59 Å². The van der Waals surface area contributed by atoms with Crippen LogP contribution < -0.4 is 4.74 Å². The maximum atomic E-state index is 12.0. The minimum Gasteiger partial charge on any atom is -0.508 e. The Hall–Kier alpha value is -2.88. The number of benzene rings is 2. The van der Waals surface area contributed by atoms with E-state index >= 15 is 0 Å². The van der Waals surface area contributed by atoms with E-state index in [0.29, 0.717) is 12.2 Å². The van der Waals surface area contributed by atoms with Crippen molar-refractivity contribution in [3.8, 4) is 11.5 Å². The molecule has 0 bridgehead atoms.